The van der Waals surface area contributed by atoms with Crippen LogP contribution in [0.4, 0.5) is 5.69 Å². The second-order valence-electron chi connectivity index (χ2n) is 3.83. The Labute approximate surface area is 107 Å². The first kappa shape index (κ1) is 13.6. The third-order valence-corrected chi connectivity index (χ3v) is 2.71. The Hall–Kier alpha value is -1.48. The minimum atomic E-state index is -0.339. The molecule has 1 amide bonds. The smallest absolute Gasteiger partial charge is 0.242 e. The summed E-state index contributed by atoms with van der Waals surface area (Å²) in [5, 5.41) is 6.46. The summed E-state index contributed by atoms with van der Waals surface area (Å²) in [7, 11) is 0. The lowest BCUT2D eigenvalue weighted by Crippen LogP contribution is -2.37. The van der Waals surface area contributed by atoms with Gasteiger partial charge in [-0.15, -0.1) is 6.58 Å². The molecule has 0 heterocycles. The minimum Gasteiger partial charge on any atom is -0.372 e. The number of anilines is 1. The first-order valence-corrected chi connectivity index (χ1v) is 5.84. The van der Waals surface area contributed by atoms with Gasteiger partial charge in [-0.1, -0.05) is 29.8 Å². The Balaban J connectivity index is 2.70. The van der Waals surface area contributed by atoms with Crippen molar-refractivity contribution in [3.63, 3.8) is 0 Å². The van der Waals surface area contributed by atoms with Gasteiger partial charge in [-0.05, 0) is 25.5 Å². The van der Waals surface area contributed by atoms with Crippen LogP contribution < -0.4 is 10.6 Å². The predicted octanol–water partition coefficient (Wildman–Crippen LogP) is 2.75. The third kappa shape index (κ3) is 3.79. The van der Waals surface area contributed by atoms with Crippen LogP contribution in [-0.4, -0.2) is 18.5 Å². The first-order chi connectivity index (χ1) is 8.06. The largest absolute Gasteiger partial charge is 0.372 e. The van der Waals surface area contributed by atoms with Crippen molar-refractivity contribution in [3.8, 4) is 0 Å². The Morgan fingerprint density at radius 3 is 2.88 bits per heavy atom. The van der Waals surface area contributed by atoms with Gasteiger partial charge in [0.2, 0.25) is 5.91 Å². The van der Waals surface area contributed by atoms with E-state index in [-0.39, 0.29) is 11.9 Å². The number of hydrogen-bond donors (Lipinski definition) is 2. The van der Waals surface area contributed by atoms with Crippen molar-refractivity contribution in [2.75, 3.05) is 11.9 Å². The number of amides is 1. The molecule has 0 bridgehead atoms. The molecule has 0 aromatic heterocycles. The zero-order chi connectivity index (χ0) is 12.8. The summed E-state index contributed by atoms with van der Waals surface area (Å²) in [5.41, 5.74) is 1.82. The van der Waals surface area contributed by atoms with Crippen LogP contribution in [-0.2, 0) is 4.79 Å². The molecule has 0 saturated heterocycles. The summed E-state index contributed by atoms with van der Waals surface area (Å²) in [5.74, 6) is -0.0794. The lowest BCUT2D eigenvalue weighted by molar-refractivity contribution is -0.121. The maximum atomic E-state index is 11.7. The van der Waals surface area contributed by atoms with Crippen molar-refractivity contribution in [2.24, 2.45) is 0 Å². The molecule has 2 N–H and O–H groups in total. The van der Waals surface area contributed by atoms with E-state index in [1.54, 1.807) is 19.1 Å². The normalized spacial score (nSPS) is 11.7. The van der Waals surface area contributed by atoms with Crippen LogP contribution in [0.1, 0.15) is 12.5 Å². The number of carbonyl (C=O) groups is 1. The van der Waals surface area contributed by atoms with Gasteiger partial charge in [0.05, 0.1) is 10.7 Å². The molecule has 0 aliphatic rings. The molecule has 0 fully saturated rings. The van der Waals surface area contributed by atoms with Gasteiger partial charge in [-0.2, -0.15) is 0 Å². The van der Waals surface area contributed by atoms with Crippen molar-refractivity contribution in [3.05, 3.63) is 41.4 Å². The number of benzene rings is 1. The maximum absolute atomic E-state index is 11.7. The Morgan fingerprint density at radius 1 is 1.59 bits per heavy atom. The van der Waals surface area contributed by atoms with E-state index in [1.807, 2.05) is 19.1 Å². The number of para-hydroxylation sites is 1. The van der Waals surface area contributed by atoms with E-state index in [9.17, 15) is 4.79 Å². The van der Waals surface area contributed by atoms with Crippen molar-refractivity contribution in [1.82, 2.24) is 5.32 Å². The molecule has 1 atom stereocenters. The monoisotopic (exact) mass is 252 g/mol. The Kier molecular flexibility index (Phi) is 5.04. The Morgan fingerprint density at radius 2 is 2.29 bits per heavy atom. The highest BCUT2D eigenvalue weighted by molar-refractivity contribution is 6.33. The fourth-order valence-electron chi connectivity index (χ4n) is 1.42. The van der Waals surface area contributed by atoms with Gasteiger partial charge in [0.25, 0.3) is 0 Å². The van der Waals surface area contributed by atoms with Crippen LogP contribution in [0.2, 0.25) is 5.02 Å². The fourth-order valence-corrected chi connectivity index (χ4v) is 1.70. The number of carbonyl (C=O) groups excluding carboxylic acids is 1. The van der Waals surface area contributed by atoms with Gasteiger partial charge in [0.1, 0.15) is 6.04 Å². The van der Waals surface area contributed by atoms with E-state index in [4.69, 9.17) is 11.6 Å². The molecule has 0 radical (unpaired) electrons. The van der Waals surface area contributed by atoms with E-state index in [0.29, 0.717) is 11.6 Å². The molecule has 0 aliphatic carbocycles. The molecule has 0 aliphatic heterocycles. The molecular weight excluding hydrogens is 236 g/mol. The predicted molar refractivity (Wildman–Crippen MR) is 72.5 cm³/mol. The SMILES string of the molecule is C=CCNC(=O)C(C)Nc1c(C)cccc1Cl. The van der Waals surface area contributed by atoms with E-state index in [1.165, 1.54) is 0 Å². The molecule has 1 rings (SSSR count). The highest BCUT2D eigenvalue weighted by Crippen LogP contribution is 2.25. The number of hydrogen-bond acceptors (Lipinski definition) is 2. The lowest BCUT2D eigenvalue weighted by atomic mass is 10.2. The van der Waals surface area contributed by atoms with Crippen LogP contribution in [0, 0.1) is 6.92 Å². The zero-order valence-electron chi connectivity index (χ0n) is 10.1. The van der Waals surface area contributed by atoms with Crippen LogP contribution >= 0.6 is 11.6 Å². The summed E-state index contributed by atoms with van der Waals surface area (Å²) in [6.07, 6.45) is 1.64. The number of halogens is 1. The summed E-state index contributed by atoms with van der Waals surface area (Å²) < 4.78 is 0. The maximum Gasteiger partial charge on any atom is 0.242 e. The van der Waals surface area contributed by atoms with Crippen LogP contribution in [0.5, 0.6) is 0 Å². The second-order valence-corrected chi connectivity index (χ2v) is 4.24. The van der Waals surface area contributed by atoms with Gasteiger partial charge in [-0.25, -0.2) is 0 Å². The average Bonchev–Trinajstić information content (AvgIpc) is 2.30. The van der Waals surface area contributed by atoms with Crippen molar-refractivity contribution >= 4 is 23.2 Å². The number of aryl methyl sites for hydroxylation is 1. The molecule has 17 heavy (non-hydrogen) atoms. The van der Waals surface area contributed by atoms with Crippen LogP contribution in [0.15, 0.2) is 30.9 Å². The summed E-state index contributed by atoms with van der Waals surface area (Å²) >= 11 is 6.07. The van der Waals surface area contributed by atoms with E-state index >= 15 is 0 Å². The topological polar surface area (TPSA) is 41.1 Å². The van der Waals surface area contributed by atoms with Crippen LogP contribution in [0.25, 0.3) is 0 Å². The standard InChI is InChI=1S/C13H17ClN2O/c1-4-8-15-13(17)10(3)16-12-9(2)6-5-7-11(12)14/h4-7,10,16H,1,8H2,2-3H3,(H,15,17). The van der Waals surface area contributed by atoms with Gasteiger partial charge < -0.3 is 10.6 Å². The van der Waals surface area contributed by atoms with Crippen LogP contribution in [0.3, 0.4) is 0 Å². The molecule has 1 aromatic carbocycles. The molecule has 1 aromatic rings. The minimum absolute atomic E-state index is 0.0794. The van der Waals surface area contributed by atoms with Crippen molar-refractivity contribution < 1.29 is 4.79 Å². The van der Waals surface area contributed by atoms with Crippen molar-refractivity contribution in [2.45, 2.75) is 19.9 Å². The van der Waals surface area contributed by atoms with Gasteiger partial charge >= 0.3 is 0 Å². The highest BCUT2D eigenvalue weighted by Gasteiger charge is 2.13. The lowest BCUT2D eigenvalue weighted by Gasteiger charge is -2.17. The van der Waals surface area contributed by atoms with E-state index in [2.05, 4.69) is 17.2 Å². The quantitative estimate of drug-likeness (QED) is 0.792. The third-order valence-electron chi connectivity index (χ3n) is 2.40. The van der Waals surface area contributed by atoms with Crippen molar-refractivity contribution in [1.29, 1.82) is 0 Å². The zero-order valence-corrected chi connectivity index (χ0v) is 10.8. The number of nitrogens with one attached hydrogen (secondary N) is 2. The molecule has 4 heteroatoms. The van der Waals surface area contributed by atoms with Gasteiger partial charge in [0, 0.05) is 6.54 Å². The summed E-state index contributed by atoms with van der Waals surface area (Å²) in [6.45, 7) is 7.75. The molecule has 1 unspecified atom stereocenters. The molecule has 3 nitrogen and oxygen atoms in total. The van der Waals surface area contributed by atoms with Gasteiger partial charge in [0.15, 0.2) is 0 Å². The van der Waals surface area contributed by atoms with E-state index in [0.717, 1.165) is 11.3 Å². The number of rotatable bonds is 5. The highest BCUT2D eigenvalue weighted by atomic mass is 35.5. The first-order valence-electron chi connectivity index (χ1n) is 5.46. The summed E-state index contributed by atoms with van der Waals surface area (Å²) in [4.78, 5) is 11.7. The van der Waals surface area contributed by atoms with Gasteiger partial charge in [-0.3, -0.25) is 4.79 Å². The fraction of sp³-hybridized carbons (Fsp3) is 0.308. The Bertz CT molecular complexity index is 398. The average molecular weight is 253 g/mol. The molecule has 92 valence electrons. The molecule has 0 saturated carbocycles. The molecular formula is C13H17ClN2O. The second kappa shape index (κ2) is 6.30. The van der Waals surface area contributed by atoms with E-state index < -0.39 is 0 Å². The summed E-state index contributed by atoms with van der Waals surface area (Å²) in [6, 6.07) is 5.28. The molecule has 0 spiro atoms.